The third-order valence-corrected chi connectivity index (χ3v) is 2.27. The standard InChI is InChI=1S/C11H14F3NO/c1-16-6-2-3-8-4-5-9(7-10(8)15)11(12,13)14/h4-5,7H,2-3,6,15H2,1H3. The highest BCUT2D eigenvalue weighted by molar-refractivity contribution is 5.49. The SMILES string of the molecule is COCCCc1ccc(C(F)(F)F)cc1N. The third kappa shape index (κ3) is 3.41. The van der Waals surface area contributed by atoms with Crippen molar-refractivity contribution >= 4 is 5.69 Å². The minimum Gasteiger partial charge on any atom is -0.398 e. The number of rotatable bonds is 4. The van der Waals surface area contributed by atoms with E-state index in [0.717, 1.165) is 24.1 Å². The second kappa shape index (κ2) is 5.21. The summed E-state index contributed by atoms with van der Waals surface area (Å²) < 4.78 is 41.9. The topological polar surface area (TPSA) is 35.2 Å². The molecule has 0 bridgehead atoms. The second-order valence-corrected chi connectivity index (χ2v) is 3.51. The molecule has 16 heavy (non-hydrogen) atoms. The third-order valence-electron chi connectivity index (χ3n) is 2.27. The Morgan fingerprint density at radius 2 is 2.00 bits per heavy atom. The van der Waals surface area contributed by atoms with Gasteiger partial charge in [-0.15, -0.1) is 0 Å². The Balaban J connectivity index is 2.76. The van der Waals surface area contributed by atoms with Gasteiger partial charge in [-0.2, -0.15) is 13.2 Å². The zero-order valence-electron chi connectivity index (χ0n) is 8.97. The first kappa shape index (κ1) is 12.8. The van der Waals surface area contributed by atoms with Crippen LogP contribution in [-0.4, -0.2) is 13.7 Å². The van der Waals surface area contributed by atoms with Crippen molar-refractivity contribution in [3.63, 3.8) is 0 Å². The van der Waals surface area contributed by atoms with Crippen molar-refractivity contribution in [2.24, 2.45) is 0 Å². The molecule has 5 heteroatoms. The van der Waals surface area contributed by atoms with E-state index in [0.29, 0.717) is 13.0 Å². The van der Waals surface area contributed by atoms with Crippen molar-refractivity contribution in [2.45, 2.75) is 19.0 Å². The summed E-state index contributed by atoms with van der Waals surface area (Å²) in [6, 6.07) is 3.45. The molecule has 0 radical (unpaired) electrons. The van der Waals surface area contributed by atoms with Crippen molar-refractivity contribution in [1.29, 1.82) is 0 Å². The zero-order chi connectivity index (χ0) is 12.2. The van der Waals surface area contributed by atoms with E-state index in [9.17, 15) is 13.2 Å². The summed E-state index contributed by atoms with van der Waals surface area (Å²) in [5.41, 5.74) is 5.76. The lowest BCUT2D eigenvalue weighted by atomic mass is 10.0. The summed E-state index contributed by atoms with van der Waals surface area (Å²) in [6.45, 7) is 0.570. The monoisotopic (exact) mass is 233 g/mol. The Kier molecular flexibility index (Phi) is 4.18. The molecule has 0 atom stereocenters. The van der Waals surface area contributed by atoms with Gasteiger partial charge in [-0.3, -0.25) is 0 Å². The Hall–Kier alpha value is -1.23. The maximum Gasteiger partial charge on any atom is 0.416 e. The number of alkyl halides is 3. The summed E-state index contributed by atoms with van der Waals surface area (Å²) in [7, 11) is 1.58. The van der Waals surface area contributed by atoms with Gasteiger partial charge in [-0.25, -0.2) is 0 Å². The van der Waals surface area contributed by atoms with Crippen LogP contribution in [0.25, 0.3) is 0 Å². The van der Waals surface area contributed by atoms with E-state index in [4.69, 9.17) is 10.5 Å². The predicted octanol–water partition coefficient (Wildman–Crippen LogP) is 2.87. The molecule has 1 rings (SSSR count). The van der Waals surface area contributed by atoms with Crippen LogP contribution in [0.1, 0.15) is 17.5 Å². The van der Waals surface area contributed by atoms with Crippen molar-refractivity contribution in [3.8, 4) is 0 Å². The molecule has 0 aliphatic heterocycles. The van der Waals surface area contributed by atoms with Crippen LogP contribution in [0.2, 0.25) is 0 Å². The van der Waals surface area contributed by atoms with Crippen LogP contribution in [0.3, 0.4) is 0 Å². The average molecular weight is 233 g/mol. The van der Waals surface area contributed by atoms with Crippen LogP contribution < -0.4 is 5.73 Å². The van der Waals surface area contributed by atoms with E-state index in [2.05, 4.69) is 0 Å². The van der Waals surface area contributed by atoms with E-state index >= 15 is 0 Å². The molecule has 0 aromatic heterocycles. The molecule has 0 unspecified atom stereocenters. The number of benzene rings is 1. The van der Waals surface area contributed by atoms with Gasteiger partial charge in [0.15, 0.2) is 0 Å². The van der Waals surface area contributed by atoms with Crippen LogP contribution in [0.15, 0.2) is 18.2 Å². The van der Waals surface area contributed by atoms with E-state index in [1.165, 1.54) is 6.07 Å². The number of nitrogen functional groups attached to an aromatic ring is 1. The molecule has 0 amide bonds. The molecular weight excluding hydrogens is 219 g/mol. The van der Waals surface area contributed by atoms with Crippen LogP contribution in [0, 0.1) is 0 Å². The quantitative estimate of drug-likeness (QED) is 0.641. The molecule has 0 saturated carbocycles. The highest BCUT2D eigenvalue weighted by atomic mass is 19.4. The van der Waals surface area contributed by atoms with Gasteiger partial charge in [0, 0.05) is 19.4 Å². The Labute approximate surface area is 92.2 Å². The maximum absolute atomic E-state index is 12.3. The summed E-state index contributed by atoms with van der Waals surface area (Å²) in [5.74, 6) is 0. The molecule has 1 aromatic carbocycles. The lowest BCUT2D eigenvalue weighted by molar-refractivity contribution is -0.137. The number of halogens is 3. The molecular formula is C11H14F3NO. The summed E-state index contributed by atoms with van der Waals surface area (Å²) in [6.07, 6.45) is -2.97. The van der Waals surface area contributed by atoms with Crippen LogP contribution in [0.5, 0.6) is 0 Å². The fraction of sp³-hybridized carbons (Fsp3) is 0.455. The van der Waals surface area contributed by atoms with Crippen LogP contribution in [0.4, 0.5) is 18.9 Å². The lowest BCUT2D eigenvalue weighted by Gasteiger charge is -2.10. The fourth-order valence-corrected chi connectivity index (χ4v) is 1.41. The molecule has 2 N–H and O–H groups in total. The number of hydrogen-bond donors (Lipinski definition) is 1. The van der Waals surface area contributed by atoms with Gasteiger partial charge < -0.3 is 10.5 Å². The minimum absolute atomic E-state index is 0.186. The van der Waals surface area contributed by atoms with Gasteiger partial charge in [-0.05, 0) is 30.5 Å². The number of methoxy groups -OCH3 is 1. The first-order valence-electron chi connectivity index (χ1n) is 4.89. The number of aryl methyl sites for hydroxylation is 1. The molecule has 0 aliphatic rings. The van der Waals surface area contributed by atoms with Gasteiger partial charge in [-0.1, -0.05) is 6.07 Å². The maximum atomic E-state index is 12.3. The Bertz CT molecular complexity index is 350. The first-order valence-corrected chi connectivity index (χ1v) is 4.89. The Morgan fingerprint density at radius 3 is 2.50 bits per heavy atom. The fourth-order valence-electron chi connectivity index (χ4n) is 1.41. The molecule has 0 spiro atoms. The highest BCUT2D eigenvalue weighted by Crippen LogP contribution is 2.31. The van der Waals surface area contributed by atoms with E-state index in [1.807, 2.05) is 0 Å². The normalized spacial score (nSPS) is 11.8. The number of ether oxygens (including phenoxy) is 1. The molecule has 0 aliphatic carbocycles. The molecule has 1 aromatic rings. The molecule has 2 nitrogen and oxygen atoms in total. The lowest BCUT2D eigenvalue weighted by Crippen LogP contribution is -2.07. The second-order valence-electron chi connectivity index (χ2n) is 3.51. The molecule has 90 valence electrons. The molecule has 0 heterocycles. The van der Waals surface area contributed by atoms with Gasteiger partial charge in [0.25, 0.3) is 0 Å². The number of anilines is 1. The van der Waals surface area contributed by atoms with Crippen molar-refractivity contribution < 1.29 is 17.9 Å². The smallest absolute Gasteiger partial charge is 0.398 e. The van der Waals surface area contributed by atoms with Crippen molar-refractivity contribution in [1.82, 2.24) is 0 Å². The minimum atomic E-state index is -4.33. The van der Waals surface area contributed by atoms with Crippen LogP contribution >= 0.6 is 0 Å². The number of hydrogen-bond acceptors (Lipinski definition) is 2. The summed E-state index contributed by atoms with van der Waals surface area (Å²) >= 11 is 0. The molecule has 0 fully saturated rings. The summed E-state index contributed by atoms with van der Waals surface area (Å²) in [4.78, 5) is 0. The van der Waals surface area contributed by atoms with Crippen molar-refractivity contribution in [3.05, 3.63) is 29.3 Å². The van der Waals surface area contributed by atoms with E-state index in [1.54, 1.807) is 7.11 Å². The number of nitrogens with two attached hydrogens (primary N) is 1. The predicted molar refractivity (Wildman–Crippen MR) is 56.1 cm³/mol. The largest absolute Gasteiger partial charge is 0.416 e. The highest BCUT2D eigenvalue weighted by Gasteiger charge is 2.30. The van der Waals surface area contributed by atoms with Gasteiger partial charge in [0.05, 0.1) is 5.56 Å². The van der Waals surface area contributed by atoms with Crippen molar-refractivity contribution in [2.75, 3.05) is 19.5 Å². The van der Waals surface area contributed by atoms with Gasteiger partial charge in [0.2, 0.25) is 0 Å². The summed E-state index contributed by atoms with van der Waals surface area (Å²) in [5, 5.41) is 0. The van der Waals surface area contributed by atoms with E-state index < -0.39 is 11.7 Å². The van der Waals surface area contributed by atoms with Crippen LogP contribution in [-0.2, 0) is 17.3 Å². The van der Waals surface area contributed by atoms with Gasteiger partial charge >= 0.3 is 6.18 Å². The Morgan fingerprint density at radius 1 is 1.31 bits per heavy atom. The van der Waals surface area contributed by atoms with E-state index in [-0.39, 0.29) is 5.69 Å². The average Bonchev–Trinajstić information content (AvgIpc) is 2.19. The first-order chi connectivity index (χ1) is 7.45. The van der Waals surface area contributed by atoms with Gasteiger partial charge in [0.1, 0.15) is 0 Å². The zero-order valence-corrected chi connectivity index (χ0v) is 8.97. The molecule has 0 saturated heterocycles.